The summed E-state index contributed by atoms with van der Waals surface area (Å²) in [7, 11) is 0. The smallest absolute Gasteiger partial charge is 0.253 e. The van der Waals surface area contributed by atoms with E-state index in [-0.39, 0.29) is 11.8 Å². The first-order chi connectivity index (χ1) is 23.5. The SMILES string of the molecule is NCc1ccc(C2CCN(C(=O)c3cccc(C#CC#Cc4cccc(C(=O)N5CCC(c6cccc(CN)c6)CC5)c4)c3)CC2)cc1. The number of benzene rings is 4. The van der Waals surface area contributed by atoms with Crippen molar-refractivity contribution >= 4 is 11.8 Å². The van der Waals surface area contributed by atoms with Crippen LogP contribution in [-0.2, 0) is 13.1 Å². The highest BCUT2D eigenvalue weighted by Crippen LogP contribution is 2.30. The van der Waals surface area contributed by atoms with E-state index < -0.39 is 0 Å². The molecule has 0 unspecified atom stereocenters. The topological polar surface area (TPSA) is 92.7 Å². The lowest BCUT2D eigenvalue weighted by Crippen LogP contribution is -2.37. The van der Waals surface area contributed by atoms with Gasteiger partial charge in [0.2, 0.25) is 0 Å². The van der Waals surface area contributed by atoms with Crippen molar-refractivity contribution in [1.29, 1.82) is 0 Å². The van der Waals surface area contributed by atoms with Gasteiger partial charge in [0.1, 0.15) is 0 Å². The van der Waals surface area contributed by atoms with Gasteiger partial charge in [0, 0.05) is 61.5 Å². The fraction of sp³-hybridized carbons (Fsp3) is 0.286. The Morgan fingerprint density at radius 1 is 0.562 bits per heavy atom. The number of carbonyl (C=O) groups excluding carboxylic acids is 2. The molecule has 2 fully saturated rings. The standard InChI is InChI=1S/C42H42N4O2/c43-29-33-14-16-35(17-15-33)36-18-22-45(23-19-36)41(47)39-12-3-8-31(26-39)6-1-2-7-32-9-4-13-40(27-32)42(48)46-24-20-37(21-25-46)38-11-5-10-34(28-38)30-44/h3-5,8-17,26-28,36-37H,18-25,29-30,43-44H2. The number of hydrogen-bond donors (Lipinski definition) is 2. The molecule has 0 aliphatic carbocycles. The second-order valence-corrected chi connectivity index (χ2v) is 12.7. The third kappa shape index (κ3) is 8.04. The van der Waals surface area contributed by atoms with E-state index in [4.69, 9.17) is 11.5 Å². The lowest BCUT2D eigenvalue weighted by atomic mass is 9.88. The van der Waals surface area contributed by atoms with Crippen molar-refractivity contribution in [2.75, 3.05) is 26.2 Å². The lowest BCUT2D eigenvalue weighted by Gasteiger charge is -2.32. The van der Waals surface area contributed by atoms with E-state index >= 15 is 0 Å². The number of hydrogen-bond acceptors (Lipinski definition) is 4. The molecule has 0 atom stereocenters. The van der Waals surface area contributed by atoms with Gasteiger partial charge in [-0.2, -0.15) is 0 Å². The molecule has 2 heterocycles. The highest BCUT2D eigenvalue weighted by molar-refractivity contribution is 5.95. The van der Waals surface area contributed by atoms with Crippen molar-refractivity contribution in [3.63, 3.8) is 0 Å². The Labute approximate surface area is 284 Å². The van der Waals surface area contributed by atoms with Crippen LogP contribution < -0.4 is 11.5 Å². The van der Waals surface area contributed by atoms with Gasteiger partial charge in [-0.05, 0) is 108 Å². The predicted molar refractivity (Wildman–Crippen MR) is 191 cm³/mol. The summed E-state index contributed by atoms with van der Waals surface area (Å²) in [6.07, 6.45) is 3.76. The van der Waals surface area contributed by atoms with Crippen LogP contribution in [0.3, 0.4) is 0 Å². The molecular weight excluding hydrogens is 592 g/mol. The maximum atomic E-state index is 13.3. The molecular formula is C42H42N4O2. The second-order valence-electron chi connectivity index (χ2n) is 12.7. The first-order valence-corrected chi connectivity index (χ1v) is 16.9. The van der Waals surface area contributed by atoms with E-state index in [2.05, 4.69) is 72.2 Å². The molecule has 4 aromatic carbocycles. The number of amides is 2. The van der Waals surface area contributed by atoms with Gasteiger partial charge in [-0.15, -0.1) is 0 Å². The molecule has 0 spiro atoms. The van der Waals surface area contributed by atoms with Crippen LogP contribution in [0, 0.1) is 23.7 Å². The summed E-state index contributed by atoms with van der Waals surface area (Å²) >= 11 is 0. The molecule has 0 saturated carbocycles. The van der Waals surface area contributed by atoms with Crippen LogP contribution in [0.5, 0.6) is 0 Å². The van der Waals surface area contributed by atoms with Crippen molar-refractivity contribution in [3.8, 4) is 23.7 Å². The molecule has 4 N–H and O–H groups in total. The Hall–Kier alpha value is -5.14. The van der Waals surface area contributed by atoms with E-state index in [1.807, 2.05) is 58.3 Å². The minimum absolute atomic E-state index is 0.0331. The molecule has 242 valence electrons. The molecule has 6 nitrogen and oxygen atoms in total. The van der Waals surface area contributed by atoms with Gasteiger partial charge in [-0.3, -0.25) is 9.59 Å². The molecule has 6 heteroatoms. The van der Waals surface area contributed by atoms with Crippen LogP contribution in [-0.4, -0.2) is 47.8 Å². The van der Waals surface area contributed by atoms with Crippen molar-refractivity contribution < 1.29 is 9.59 Å². The Bertz CT molecular complexity index is 1880. The van der Waals surface area contributed by atoms with Crippen LogP contribution >= 0.6 is 0 Å². The molecule has 0 radical (unpaired) electrons. The zero-order valence-corrected chi connectivity index (χ0v) is 27.3. The van der Waals surface area contributed by atoms with Gasteiger partial charge in [0.25, 0.3) is 11.8 Å². The summed E-state index contributed by atoms with van der Waals surface area (Å²) < 4.78 is 0. The summed E-state index contributed by atoms with van der Waals surface area (Å²) in [6.45, 7) is 3.99. The van der Waals surface area contributed by atoms with Crippen LogP contribution in [0.1, 0.15) is 91.6 Å². The highest BCUT2D eigenvalue weighted by Gasteiger charge is 2.26. The van der Waals surface area contributed by atoms with Crippen LogP contribution in [0.25, 0.3) is 0 Å². The molecule has 2 aliphatic heterocycles. The largest absolute Gasteiger partial charge is 0.339 e. The van der Waals surface area contributed by atoms with Crippen LogP contribution in [0.15, 0.2) is 97.1 Å². The molecule has 2 aliphatic rings. The fourth-order valence-electron chi connectivity index (χ4n) is 6.76. The summed E-state index contributed by atoms with van der Waals surface area (Å²) in [6, 6.07) is 31.9. The van der Waals surface area contributed by atoms with E-state index in [9.17, 15) is 9.59 Å². The highest BCUT2D eigenvalue weighted by atomic mass is 16.2. The second kappa shape index (κ2) is 15.6. The fourth-order valence-corrected chi connectivity index (χ4v) is 6.76. The Kier molecular flexibility index (Phi) is 10.7. The van der Waals surface area contributed by atoms with Gasteiger partial charge in [0.15, 0.2) is 0 Å². The zero-order chi connectivity index (χ0) is 33.3. The monoisotopic (exact) mass is 634 g/mol. The normalized spacial score (nSPS) is 15.2. The van der Waals surface area contributed by atoms with Crippen LogP contribution in [0.4, 0.5) is 0 Å². The summed E-state index contributed by atoms with van der Waals surface area (Å²) in [5.74, 6) is 13.0. The number of rotatable bonds is 6. The third-order valence-electron chi connectivity index (χ3n) is 9.60. The summed E-state index contributed by atoms with van der Waals surface area (Å²) in [4.78, 5) is 30.5. The lowest BCUT2D eigenvalue weighted by molar-refractivity contribution is 0.0705. The number of piperidine rings is 2. The Morgan fingerprint density at radius 3 is 1.54 bits per heavy atom. The Balaban J connectivity index is 1.02. The molecule has 48 heavy (non-hydrogen) atoms. The molecule has 0 bridgehead atoms. The quantitative estimate of drug-likeness (QED) is 0.253. The Morgan fingerprint density at radius 2 is 1.04 bits per heavy atom. The average molecular weight is 635 g/mol. The van der Waals surface area contributed by atoms with Gasteiger partial charge in [-0.1, -0.05) is 72.5 Å². The minimum Gasteiger partial charge on any atom is -0.339 e. The van der Waals surface area contributed by atoms with Gasteiger partial charge in [-0.25, -0.2) is 0 Å². The molecule has 2 amide bonds. The van der Waals surface area contributed by atoms with Crippen molar-refractivity contribution in [3.05, 3.63) is 142 Å². The van der Waals surface area contributed by atoms with Gasteiger partial charge >= 0.3 is 0 Å². The van der Waals surface area contributed by atoms with E-state index in [0.717, 1.165) is 74.1 Å². The summed E-state index contributed by atoms with van der Waals surface area (Å²) in [5, 5.41) is 0. The maximum absolute atomic E-state index is 13.3. The van der Waals surface area contributed by atoms with Crippen molar-refractivity contribution in [2.45, 2.75) is 50.6 Å². The first kappa shape index (κ1) is 32.8. The third-order valence-corrected chi connectivity index (χ3v) is 9.60. The zero-order valence-electron chi connectivity index (χ0n) is 27.3. The number of nitrogens with zero attached hydrogens (tertiary/aromatic N) is 2. The maximum Gasteiger partial charge on any atom is 0.253 e. The van der Waals surface area contributed by atoms with E-state index in [1.54, 1.807) is 0 Å². The molecule has 4 aromatic rings. The first-order valence-electron chi connectivity index (χ1n) is 16.9. The van der Waals surface area contributed by atoms with Crippen molar-refractivity contribution in [2.24, 2.45) is 11.5 Å². The summed E-state index contributed by atoms with van der Waals surface area (Å²) in [5.41, 5.74) is 19.2. The van der Waals surface area contributed by atoms with Crippen LogP contribution in [0.2, 0.25) is 0 Å². The van der Waals surface area contributed by atoms with E-state index in [1.165, 1.54) is 11.1 Å². The minimum atomic E-state index is 0.0331. The van der Waals surface area contributed by atoms with Crippen molar-refractivity contribution in [1.82, 2.24) is 9.80 Å². The average Bonchev–Trinajstić information content (AvgIpc) is 3.16. The number of nitrogens with two attached hydrogens (primary N) is 2. The van der Waals surface area contributed by atoms with Gasteiger partial charge in [0.05, 0.1) is 0 Å². The van der Waals surface area contributed by atoms with Gasteiger partial charge < -0.3 is 21.3 Å². The molecule has 2 saturated heterocycles. The van der Waals surface area contributed by atoms with E-state index in [0.29, 0.717) is 36.1 Å². The number of carbonyl (C=O) groups is 2. The molecule has 6 rings (SSSR count). The number of likely N-dealkylation sites (tertiary alicyclic amines) is 2. The molecule has 0 aromatic heterocycles. The predicted octanol–water partition coefficient (Wildman–Crippen LogP) is 6.05.